The first-order valence-electron chi connectivity index (χ1n) is 7.15. The van der Waals surface area contributed by atoms with Gasteiger partial charge in [0, 0.05) is 19.3 Å². The van der Waals surface area contributed by atoms with E-state index in [9.17, 15) is 9.59 Å². The molecule has 120 valence electrons. The molecule has 1 aromatic rings. The van der Waals surface area contributed by atoms with Crippen LogP contribution in [0.1, 0.15) is 37.6 Å². The molecule has 0 radical (unpaired) electrons. The third kappa shape index (κ3) is 4.34. The predicted molar refractivity (Wildman–Crippen MR) is 82.9 cm³/mol. The molecule has 2 rings (SSSR count). The van der Waals surface area contributed by atoms with E-state index < -0.39 is 11.7 Å². The van der Waals surface area contributed by atoms with Gasteiger partial charge in [-0.05, 0) is 39.3 Å². The number of carbonyl (C=O) groups is 2. The van der Waals surface area contributed by atoms with Gasteiger partial charge in [0.05, 0.1) is 11.6 Å². The summed E-state index contributed by atoms with van der Waals surface area (Å²) >= 11 is 5.94. The van der Waals surface area contributed by atoms with E-state index in [2.05, 4.69) is 10.3 Å². The molecule has 1 aliphatic heterocycles. The van der Waals surface area contributed by atoms with Gasteiger partial charge in [-0.2, -0.15) is 0 Å². The van der Waals surface area contributed by atoms with Gasteiger partial charge in [0.25, 0.3) is 5.91 Å². The average molecular weight is 326 g/mol. The number of nitrogens with one attached hydrogen (secondary N) is 1. The summed E-state index contributed by atoms with van der Waals surface area (Å²) in [5.74, 6) is -0.174. The summed E-state index contributed by atoms with van der Waals surface area (Å²) in [5.41, 5.74) is -0.163. The molecule has 0 saturated carbocycles. The van der Waals surface area contributed by atoms with E-state index in [1.165, 1.54) is 6.20 Å². The maximum Gasteiger partial charge on any atom is 0.407 e. The average Bonchev–Trinajstić information content (AvgIpc) is 2.84. The summed E-state index contributed by atoms with van der Waals surface area (Å²) < 4.78 is 5.21. The minimum atomic E-state index is -0.540. The van der Waals surface area contributed by atoms with Crippen molar-refractivity contribution in [2.75, 3.05) is 13.1 Å². The number of hydrogen-bond acceptors (Lipinski definition) is 4. The van der Waals surface area contributed by atoms with Crippen molar-refractivity contribution < 1.29 is 14.3 Å². The lowest BCUT2D eigenvalue weighted by molar-refractivity contribution is 0.0502. The van der Waals surface area contributed by atoms with Gasteiger partial charge in [-0.1, -0.05) is 11.6 Å². The summed E-state index contributed by atoms with van der Waals surface area (Å²) in [6, 6.07) is 3.20. The molecule has 6 nitrogen and oxygen atoms in total. The molecule has 2 heterocycles. The van der Waals surface area contributed by atoms with Crippen LogP contribution in [0.15, 0.2) is 18.3 Å². The third-order valence-electron chi connectivity index (χ3n) is 3.19. The van der Waals surface area contributed by atoms with Gasteiger partial charge >= 0.3 is 6.09 Å². The van der Waals surface area contributed by atoms with Gasteiger partial charge < -0.3 is 15.0 Å². The van der Waals surface area contributed by atoms with Crippen molar-refractivity contribution in [2.24, 2.45) is 0 Å². The highest BCUT2D eigenvalue weighted by molar-refractivity contribution is 6.32. The second kappa shape index (κ2) is 6.52. The molecule has 1 atom stereocenters. The number of rotatable bonds is 2. The Morgan fingerprint density at radius 2 is 2.18 bits per heavy atom. The molecule has 1 N–H and O–H groups in total. The predicted octanol–water partition coefficient (Wildman–Crippen LogP) is 2.47. The van der Waals surface area contributed by atoms with Gasteiger partial charge in [-0.3, -0.25) is 4.79 Å². The summed E-state index contributed by atoms with van der Waals surface area (Å²) in [6.07, 6.45) is 1.75. The zero-order valence-electron chi connectivity index (χ0n) is 12.9. The van der Waals surface area contributed by atoms with E-state index in [1.807, 2.05) is 20.8 Å². The van der Waals surface area contributed by atoms with E-state index in [4.69, 9.17) is 16.3 Å². The maximum absolute atomic E-state index is 12.4. The number of ether oxygens (including phenoxy) is 1. The number of halogens is 1. The van der Waals surface area contributed by atoms with Crippen LogP contribution in [0.3, 0.4) is 0 Å². The molecule has 0 bridgehead atoms. The van der Waals surface area contributed by atoms with Gasteiger partial charge in [0.15, 0.2) is 0 Å². The number of carbonyl (C=O) groups excluding carboxylic acids is 2. The number of likely N-dealkylation sites (tertiary alicyclic amines) is 1. The molecule has 0 aromatic carbocycles. The fourth-order valence-electron chi connectivity index (χ4n) is 2.25. The van der Waals surface area contributed by atoms with E-state index in [-0.39, 0.29) is 17.1 Å². The Labute approximate surface area is 134 Å². The molecule has 22 heavy (non-hydrogen) atoms. The van der Waals surface area contributed by atoms with Crippen LogP contribution in [0, 0.1) is 0 Å². The standard InChI is InChI=1S/C15H20ClN3O3/c1-15(2,3)22-14(21)18-10-6-8-19(9-10)13(20)11-5-4-7-17-12(11)16/h4-5,7,10H,6,8-9H2,1-3H3,(H,18,21). The van der Waals surface area contributed by atoms with Gasteiger partial charge in [-0.25, -0.2) is 9.78 Å². The number of alkyl carbamates (subject to hydrolysis) is 1. The molecule has 7 heteroatoms. The topological polar surface area (TPSA) is 71.5 Å². The van der Waals surface area contributed by atoms with Crippen molar-refractivity contribution in [2.45, 2.75) is 38.8 Å². The highest BCUT2D eigenvalue weighted by Gasteiger charge is 2.30. The van der Waals surface area contributed by atoms with E-state index in [0.717, 1.165) is 0 Å². The van der Waals surface area contributed by atoms with E-state index in [0.29, 0.717) is 25.1 Å². The molecular weight excluding hydrogens is 306 g/mol. The zero-order valence-corrected chi connectivity index (χ0v) is 13.7. The van der Waals surface area contributed by atoms with E-state index >= 15 is 0 Å². The minimum absolute atomic E-state index is 0.116. The lowest BCUT2D eigenvalue weighted by Crippen LogP contribution is -2.41. The minimum Gasteiger partial charge on any atom is -0.444 e. The molecule has 1 fully saturated rings. The quantitative estimate of drug-likeness (QED) is 0.848. The smallest absolute Gasteiger partial charge is 0.407 e. The molecule has 0 aliphatic carbocycles. The Balaban J connectivity index is 1.92. The molecule has 1 aromatic heterocycles. The lowest BCUT2D eigenvalue weighted by atomic mass is 10.2. The molecule has 1 aliphatic rings. The van der Waals surface area contributed by atoms with Crippen molar-refractivity contribution in [3.63, 3.8) is 0 Å². The van der Waals surface area contributed by atoms with Crippen molar-refractivity contribution in [3.05, 3.63) is 29.0 Å². The summed E-state index contributed by atoms with van der Waals surface area (Å²) in [4.78, 5) is 29.7. The highest BCUT2D eigenvalue weighted by atomic mass is 35.5. The Hall–Kier alpha value is -1.82. The maximum atomic E-state index is 12.4. The monoisotopic (exact) mass is 325 g/mol. The van der Waals surface area contributed by atoms with Crippen LogP contribution in [-0.4, -0.2) is 46.6 Å². The number of nitrogens with zero attached hydrogens (tertiary/aromatic N) is 2. The van der Waals surface area contributed by atoms with Crippen LogP contribution in [-0.2, 0) is 4.74 Å². The second-order valence-corrected chi connectivity index (χ2v) is 6.58. The number of aromatic nitrogens is 1. The zero-order chi connectivity index (χ0) is 16.3. The van der Waals surface area contributed by atoms with Crippen LogP contribution in [0.2, 0.25) is 5.15 Å². The van der Waals surface area contributed by atoms with Gasteiger partial charge in [0.2, 0.25) is 0 Å². The lowest BCUT2D eigenvalue weighted by Gasteiger charge is -2.22. The van der Waals surface area contributed by atoms with Crippen molar-refractivity contribution in [1.29, 1.82) is 0 Å². The fourth-order valence-corrected chi connectivity index (χ4v) is 2.45. The molecule has 1 unspecified atom stereocenters. The van der Waals surface area contributed by atoms with Gasteiger partial charge in [0.1, 0.15) is 10.8 Å². The van der Waals surface area contributed by atoms with Crippen LogP contribution in [0.5, 0.6) is 0 Å². The second-order valence-electron chi connectivity index (χ2n) is 6.22. The van der Waals surface area contributed by atoms with Crippen molar-refractivity contribution in [1.82, 2.24) is 15.2 Å². The Kier molecular flexibility index (Phi) is 4.90. The first kappa shape index (κ1) is 16.5. The molecule has 0 spiro atoms. The molecule has 2 amide bonds. The van der Waals surface area contributed by atoms with Crippen LogP contribution < -0.4 is 5.32 Å². The number of pyridine rings is 1. The Morgan fingerprint density at radius 3 is 2.82 bits per heavy atom. The van der Waals surface area contributed by atoms with E-state index in [1.54, 1.807) is 17.0 Å². The van der Waals surface area contributed by atoms with Crippen LogP contribution in [0.25, 0.3) is 0 Å². The Morgan fingerprint density at radius 1 is 1.45 bits per heavy atom. The Bertz CT molecular complexity index is 571. The van der Waals surface area contributed by atoms with Crippen molar-refractivity contribution in [3.8, 4) is 0 Å². The highest BCUT2D eigenvalue weighted by Crippen LogP contribution is 2.18. The SMILES string of the molecule is CC(C)(C)OC(=O)NC1CCN(C(=O)c2cccnc2Cl)C1. The fraction of sp³-hybridized carbons (Fsp3) is 0.533. The first-order chi connectivity index (χ1) is 10.3. The van der Waals surface area contributed by atoms with Crippen molar-refractivity contribution >= 4 is 23.6 Å². The van der Waals surface area contributed by atoms with Crippen LogP contribution >= 0.6 is 11.6 Å². The summed E-state index contributed by atoms with van der Waals surface area (Å²) in [6.45, 7) is 6.41. The largest absolute Gasteiger partial charge is 0.444 e. The summed E-state index contributed by atoms with van der Waals surface area (Å²) in [5, 5.41) is 2.97. The summed E-state index contributed by atoms with van der Waals surface area (Å²) in [7, 11) is 0. The normalized spacial score (nSPS) is 18.2. The van der Waals surface area contributed by atoms with Gasteiger partial charge in [-0.15, -0.1) is 0 Å². The number of amides is 2. The third-order valence-corrected chi connectivity index (χ3v) is 3.49. The molecule has 1 saturated heterocycles. The number of hydrogen-bond donors (Lipinski definition) is 1. The molecular formula is C15H20ClN3O3. The van der Waals surface area contributed by atoms with Crippen LogP contribution in [0.4, 0.5) is 4.79 Å². The first-order valence-corrected chi connectivity index (χ1v) is 7.53.